The molecule has 0 saturated heterocycles. The number of hydrogen-bond acceptors (Lipinski definition) is 5. The molecule has 1 aliphatic rings. The molecular weight excluding hydrogens is 558 g/mol. The van der Waals surface area contributed by atoms with E-state index in [4.69, 9.17) is 4.18 Å². The lowest BCUT2D eigenvalue weighted by molar-refractivity contribution is 0.102. The summed E-state index contributed by atoms with van der Waals surface area (Å²) in [5.74, 6) is 0.0175. The van der Waals surface area contributed by atoms with Crippen LogP contribution in [0.15, 0.2) is 89.8 Å². The maximum atomic E-state index is 13.8. The Morgan fingerprint density at radius 2 is 1.77 bits per heavy atom. The lowest BCUT2D eigenvalue weighted by Gasteiger charge is -2.29. The first kappa shape index (κ1) is 29.1. The number of amides is 1. The van der Waals surface area contributed by atoms with Crippen molar-refractivity contribution in [1.29, 1.82) is 0 Å². The minimum absolute atomic E-state index is 0.164. The predicted molar refractivity (Wildman–Crippen MR) is 172 cm³/mol. The third-order valence-electron chi connectivity index (χ3n) is 8.28. The molecule has 1 aliphatic carbocycles. The van der Waals surface area contributed by atoms with Crippen LogP contribution in [-0.4, -0.2) is 32.4 Å². The van der Waals surface area contributed by atoms with Crippen molar-refractivity contribution >= 4 is 43.4 Å². The number of H-pyrrole nitrogens is 1. The van der Waals surface area contributed by atoms with Crippen molar-refractivity contribution in [2.75, 3.05) is 18.4 Å². The molecule has 8 heteroatoms. The topological polar surface area (TPSA) is 100 Å². The van der Waals surface area contributed by atoms with Gasteiger partial charge >= 0.3 is 0 Å². The van der Waals surface area contributed by atoms with E-state index in [0.29, 0.717) is 23.1 Å². The van der Waals surface area contributed by atoms with Gasteiger partial charge in [-0.1, -0.05) is 62.4 Å². The summed E-state index contributed by atoms with van der Waals surface area (Å²) in [5.41, 5.74) is 5.11. The van der Waals surface area contributed by atoms with Gasteiger partial charge in [0, 0.05) is 27.5 Å². The maximum Gasteiger partial charge on any atom is 0.298 e. The molecule has 0 radical (unpaired) electrons. The first-order valence-electron chi connectivity index (χ1n) is 15.0. The summed E-state index contributed by atoms with van der Waals surface area (Å²) >= 11 is 0. The molecule has 222 valence electrons. The van der Waals surface area contributed by atoms with Gasteiger partial charge in [0.25, 0.3) is 16.0 Å². The van der Waals surface area contributed by atoms with Crippen LogP contribution in [-0.2, 0) is 27.1 Å². The van der Waals surface area contributed by atoms with E-state index in [9.17, 15) is 13.2 Å². The van der Waals surface area contributed by atoms with Gasteiger partial charge in [-0.25, -0.2) is 0 Å². The molecule has 0 bridgehead atoms. The molecule has 2 atom stereocenters. The Balaban J connectivity index is 1.34. The summed E-state index contributed by atoms with van der Waals surface area (Å²) in [7, 11) is -4.07. The standard InChI is InChI=1S/C35H37N3O4S/c1-3-17-36-22-24-19-30-29-21-27(37-35(39)26-12-7-9-23(4-2)18-26)15-16-31(29)38-34(30)32(20-24)42-43(40,41)33-14-8-11-25-10-5-6-13-28(25)33/h5-16,18,21,24,32,36,38H,3-4,17,19-20,22H2,1-2H3,(H,37,39). The number of aryl methyl sites for hydroxylation is 1. The first-order valence-corrected chi connectivity index (χ1v) is 16.4. The molecule has 2 unspecified atom stereocenters. The number of aromatic nitrogens is 1. The molecule has 1 heterocycles. The zero-order valence-electron chi connectivity index (χ0n) is 24.5. The Labute approximate surface area is 252 Å². The highest BCUT2D eigenvalue weighted by Crippen LogP contribution is 2.42. The molecule has 4 aromatic carbocycles. The average Bonchev–Trinajstić information content (AvgIpc) is 3.39. The summed E-state index contributed by atoms with van der Waals surface area (Å²) in [4.78, 5) is 16.7. The highest BCUT2D eigenvalue weighted by Gasteiger charge is 2.35. The fraction of sp³-hybridized carbons (Fsp3) is 0.286. The van der Waals surface area contributed by atoms with Crippen LogP contribution in [0.4, 0.5) is 5.69 Å². The second-order valence-corrected chi connectivity index (χ2v) is 12.9. The van der Waals surface area contributed by atoms with Gasteiger partial charge in [-0.05, 0) is 97.6 Å². The van der Waals surface area contributed by atoms with Crippen molar-refractivity contribution in [2.45, 2.75) is 50.5 Å². The van der Waals surface area contributed by atoms with Crippen molar-refractivity contribution in [3.8, 4) is 0 Å². The molecule has 1 amide bonds. The average molecular weight is 596 g/mol. The number of carbonyl (C=O) groups is 1. The number of rotatable bonds is 10. The van der Waals surface area contributed by atoms with Gasteiger partial charge in [0.05, 0.1) is 5.69 Å². The van der Waals surface area contributed by atoms with Crippen LogP contribution in [0.3, 0.4) is 0 Å². The van der Waals surface area contributed by atoms with E-state index in [1.54, 1.807) is 12.1 Å². The van der Waals surface area contributed by atoms with E-state index >= 15 is 0 Å². The lowest BCUT2D eigenvalue weighted by Crippen LogP contribution is -2.30. The minimum atomic E-state index is -4.07. The van der Waals surface area contributed by atoms with E-state index in [1.807, 2.05) is 72.8 Å². The molecule has 1 aromatic heterocycles. The predicted octanol–water partition coefficient (Wildman–Crippen LogP) is 7.14. The van der Waals surface area contributed by atoms with Gasteiger partial charge in [0.15, 0.2) is 0 Å². The summed E-state index contributed by atoms with van der Waals surface area (Å²) in [6.45, 7) is 5.85. The number of fused-ring (bicyclic) bond motifs is 4. The lowest BCUT2D eigenvalue weighted by atomic mass is 9.84. The fourth-order valence-corrected chi connectivity index (χ4v) is 7.40. The van der Waals surface area contributed by atoms with Gasteiger partial charge in [-0.3, -0.25) is 8.98 Å². The van der Waals surface area contributed by atoms with Crippen molar-refractivity contribution in [1.82, 2.24) is 10.3 Å². The quantitative estimate of drug-likeness (QED) is 0.118. The van der Waals surface area contributed by atoms with Crippen molar-refractivity contribution in [3.05, 3.63) is 107 Å². The fourth-order valence-electron chi connectivity index (χ4n) is 6.11. The van der Waals surface area contributed by atoms with Crippen LogP contribution in [0.5, 0.6) is 0 Å². The molecule has 7 nitrogen and oxygen atoms in total. The number of aromatic amines is 1. The Morgan fingerprint density at radius 1 is 0.953 bits per heavy atom. The third-order valence-corrected chi connectivity index (χ3v) is 9.66. The van der Waals surface area contributed by atoms with Crippen LogP contribution < -0.4 is 10.6 Å². The molecule has 0 saturated carbocycles. The normalized spacial score (nSPS) is 16.8. The molecule has 0 fully saturated rings. The van der Waals surface area contributed by atoms with Gasteiger partial charge in [-0.15, -0.1) is 0 Å². The molecule has 3 N–H and O–H groups in total. The van der Waals surface area contributed by atoms with E-state index < -0.39 is 16.2 Å². The second kappa shape index (κ2) is 12.3. The highest BCUT2D eigenvalue weighted by atomic mass is 32.2. The summed E-state index contributed by atoms with van der Waals surface area (Å²) < 4.78 is 33.6. The largest absolute Gasteiger partial charge is 0.356 e. The van der Waals surface area contributed by atoms with E-state index in [2.05, 4.69) is 29.5 Å². The molecule has 0 aliphatic heterocycles. The van der Waals surface area contributed by atoms with Crippen molar-refractivity contribution in [3.63, 3.8) is 0 Å². The Kier molecular flexibility index (Phi) is 8.34. The minimum Gasteiger partial charge on any atom is -0.356 e. The molecule has 0 spiro atoms. The zero-order valence-corrected chi connectivity index (χ0v) is 25.3. The monoisotopic (exact) mass is 595 g/mol. The van der Waals surface area contributed by atoms with E-state index in [1.165, 1.54) is 0 Å². The van der Waals surface area contributed by atoms with Crippen LogP contribution in [0.2, 0.25) is 0 Å². The maximum absolute atomic E-state index is 13.8. The highest BCUT2D eigenvalue weighted by molar-refractivity contribution is 7.87. The van der Waals surface area contributed by atoms with Gasteiger partial charge in [-0.2, -0.15) is 8.42 Å². The van der Waals surface area contributed by atoms with E-state index in [-0.39, 0.29) is 16.7 Å². The number of nitrogens with one attached hydrogen (secondary N) is 3. The number of hydrogen-bond donors (Lipinski definition) is 3. The SMILES string of the molecule is CCCNCC1Cc2c([nH]c3ccc(NC(=O)c4cccc(CC)c4)cc23)C(OS(=O)(=O)c2cccc3ccccc23)C1. The van der Waals surface area contributed by atoms with Gasteiger partial charge in [0.1, 0.15) is 11.0 Å². The molecule has 6 rings (SSSR count). The second-order valence-electron chi connectivity index (χ2n) is 11.3. The zero-order chi connectivity index (χ0) is 30.0. The Hall–Kier alpha value is -3.98. The van der Waals surface area contributed by atoms with Crippen LogP contribution >= 0.6 is 0 Å². The van der Waals surface area contributed by atoms with Gasteiger partial charge < -0.3 is 15.6 Å². The summed E-state index contributed by atoms with van der Waals surface area (Å²) in [6, 6.07) is 26.1. The van der Waals surface area contributed by atoms with Gasteiger partial charge in [0.2, 0.25) is 0 Å². The third kappa shape index (κ3) is 6.09. The summed E-state index contributed by atoms with van der Waals surface area (Å²) in [5, 5.41) is 9.01. The molecule has 43 heavy (non-hydrogen) atoms. The Bertz CT molecular complexity index is 1890. The number of carbonyl (C=O) groups excluding carboxylic acids is 1. The Morgan fingerprint density at radius 3 is 2.60 bits per heavy atom. The number of anilines is 1. The molecular formula is C35H37N3O4S. The first-order chi connectivity index (χ1) is 20.9. The molecule has 5 aromatic rings. The number of benzene rings is 4. The summed E-state index contributed by atoms with van der Waals surface area (Å²) in [6.07, 6.45) is 2.55. The van der Waals surface area contributed by atoms with Crippen LogP contribution in [0, 0.1) is 5.92 Å². The smallest absolute Gasteiger partial charge is 0.298 e. The van der Waals surface area contributed by atoms with Crippen molar-refractivity contribution < 1.29 is 17.4 Å². The van der Waals surface area contributed by atoms with Crippen LogP contribution in [0.25, 0.3) is 21.7 Å². The van der Waals surface area contributed by atoms with Crippen LogP contribution in [0.1, 0.15) is 60.0 Å². The van der Waals surface area contributed by atoms with Crippen molar-refractivity contribution in [2.24, 2.45) is 5.92 Å². The van der Waals surface area contributed by atoms with E-state index in [0.717, 1.165) is 65.5 Å².